The highest BCUT2D eigenvalue weighted by molar-refractivity contribution is 7.89. The third kappa shape index (κ3) is 4.82. The van der Waals surface area contributed by atoms with Gasteiger partial charge in [-0.1, -0.05) is 0 Å². The van der Waals surface area contributed by atoms with Crippen LogP contribution in [0.15, 0.2) is 47.4 Å². The first-order valence-electron chi connectivity index (χ1n) is 9.25. The molecular weight excluding hydrogens is 418 g/mol. The van der Waals surface area contributed by atoms with Crippen molar-refractivity contribution in [2.45, 2.75) is 30.8 Å². The van der Waals surface area contributed by atoms with E-state index in [4.69, 9.17) is 4.74 Å². The number of hydrogen-bond acceptors (Lipinski definition) is 5. The molecule has 10 heteroatoms. The predicted molar refractivity (Wildman–Crippen MR) is 104 cm³/mol. The van der Waals surface area contributed by atoms with E-state index in [9.17, 15) is 26.8 Å². The Morgan fingerprint density at radius 1 is 1.07 bits per heavy atom. The third-order valence-corrected chi connectivity index (χ3v) is 6.55. The predicted octanol–water partition coefficient (Wildman–Crippen LogP) is 2.93. The van der Waals surface area contributed by atoms with Crippen molar-refractivity contribution in [1.29, 1.82) is 0 Å². The Hall–Kier alpha value is -2.85. The Kier molecular flexibility index (Phi) is 6.47. The van der Waals surface area contributed by atoms with Gasteiger partial charge in [-0.15, -0.1) is 0 Å². The molecule has 0 spiro atoms. The zero-order valence-corrected chi connectivity index (χ0v) is 16.9. The number of amides is 1. The minimum Gasteiger partial charge on any atom is -0.449 e. The smallest absolute Gasteiger partial charge is 0.338 e. The summed E-state index contributed by atoms with van der Waals surface area (Å²) in [5.74, 6) is -3.28. The lowest BCUT2D eigenvalue weighted by atomic mass is 10.2. The van der Waals surface area contributed by atoms with Gasteiger partial charge < -0.3 is 10.1 Å². The number of nitrogens with one attached hydrogen (secondary N) is 1. The lowest BCUT2D eigenvalue weighted by molar-refractivity contribution is -0.123. The molecule has 1 fully saturated rings. The number of esters is 1. The largest absolute Gasteiger partial charge is 0.449 e. The Bertz CT molecular complexity index is 1050. The Morgan fingerprint density at radius 2 is 1.70 bits per heavy atom. The molecule has 160 valence electrons. The van der Waals surface area contributed by atoms with Crippen LogP contribution < -0.4 is 5.32 Å². The van der Waals surface area contributed by atoms with Gasteiger partial charge in [-0.3, -0.25) is 4.79 Å². The summed E-state index contributed by atoms with van der Waals surface area (Å²) in [6, 6.07) is 7.77. The number of rotatable bonds is 6. The molecule has 1 atom stereocenters. The van der Waals surface area contributed by atoms with Crippen LogP contribution in [0.2, 0.25) is 0 Å². The first-order chi connectivity index (χ1) is 14.2. The van der Waals surface area contributed by atoms with Gasteiger partial charge >= 0.3 is 5.97 Å². The van der Waals surface area contributed by atoms with Crippen molar-refractivity contribution < 1.29 is 31.5 Å². The molecule has 7 nitrogen and oxygen atoms in total. The normalized spacial score (nSPS) is 15.6. The van der Waals surface area contributed by atoms with Gasteiger partial charge in [0.1, 0.15) is 11.6 Å². The van der Waals surface area contributed by atoms with Gasteiger partial charge in [0.25, 0.3) is 5.91 Å². The highest BCUT2D eigenvalue weighted by Crippen LogP contribution is 2.21. The first-order valence-corrected chi connectivity index (χ1v) is 10.7. The van der Waals surface area contributed by atoms with Crippen LogP contribution in [0.4, 0.5) is 14.5 Å². The van der Waals surface area contributed by atoms with Crippen molar-refractivity contribution in [2.75, 3.05) is 18.4 Å². The second-order valence-electron chi connectivity index (χ2n) is 6.80. The molecule has 1 saturated heterocycles. The second kappa shape index (κ2) is 8.88. The maximum atomic E-state index is 13.6. The van der Waals surface area contributed by atoms with Crippen molar-refractivity contribution in [3.8, 4) is 0 Å². The quantitative estimate of drug-likeness (QED) is 0.700. The summed E-state index contributed by atoms with van der Waals surface area (Å²) in [6.07, 6.45) is 0.319. The number of hydrogen-bond donors (Lipinski definition) is 1. The third-order valence-electron chi connectivity index (χ3n) is 4.63. The van der Waals surface area contributed by atoms with Crippen LogP contribution in [0.3, 0.4) is 0 Å². The summed E-state index contributed by atoms with van der Waals surface area (Å²) in [4.78, 5) is 24.4. The van der Waals surface area contributed by atoms with Crippen LogP contribution in [0.5, 0.6) is 0 Å². The molecule has 2 aromatic carbocycles. The maximum absolute atomic E-state index is 13.6. The topological polar surface area (TPSA) is 92.8 Å². The Labute approximate surface area is 172 Å². The summed E-state index contributed by atoms with van der Waals surface area (Å²) in [5, 5.41) is 2.15. The highest BCUT2D eigenvalue weighted by atomic mass is 32.2. The highest BCUT2D eigenvalue weighted by Gasteiger charge is 2.27. The van der Waals surface area contributed by atoms with Crippen molar-refractivity contribution in [3.05, 3.63) is 59.7 Å². The van der Waals surface area contributed by atoms with Gasteiger partial charge in [0.15, 0.2) is 6.10 Å². The van der Waals surface area contributed by atoms with Gasteiger partial charge in [0.05, 0.1) is 16.1 Å². The Balaban J connectivity index is 1.63. The second-order valence-corrected chi connectivity index (χ2v) is 8.73. The summed E-state index contributed by atoms with van der Waals surface area (Å²) in [7, 11) is -3.61. The van der Waals surface area contributed by atoms with E-state index in [-0.39, 0.29) is 16.1 Å². The molecule has 1 amide bonds. The van der Waals surface area contributed by atoms with Crippen LogP contribution in [0.25, 0.3) is 0 Å². The Morgan fingerprint density at radius 3 is 2.33 bits per heavy atom. The molecule has 1 N–H and O–H groups in total. The van der Waals surface area contributed by atoms with Crippen molar-refractivity contribution in [3.63, 3.8) is 0 Å². The lowest BCUT2D eigenvalue weighted by Crippen LogP contribution is -2.30. The SMILES string of the molecule is CC(OC(=O)c1ccc(S(=O)(=O)N2CCCC2)cc1)C(=O)Nc1cc(F)ccc1F. The van der Waals surface area contributed by atoms with E-state index < -0.39 is 39.6 Å². The summed E-state index contributed by atoms with van der Waals surface area (Å²) in [6.45, 7) is 2.20. The van der Waals surface area contributed by atoms with Crippen LogP contribution in [-0.4, -0.2) is 43.8 Å². The van der Waals surface area contributed by atoms with Crippen LogP contribution >= 0.6 is 0 Å². The van der Waals surface area contributed by atoms with Gasteiger partial charge in [-0.05, 0) is 56.2 Å². The molecule has 1 unspecified atom stereocenters. The molecule has 1 aliphatic rings. The van der Waals surface area contributed by atoms with E-state index in [1.54, 1.807) is 0 Å². The van der Waals surface area contributed by atoms with Gasteiger partial charge in [0.2, 0.25) is 10.0 Å². The minimum absolute atomic E-state index is 0.0481. The zero-order chi connectivity index (χ0) is 21.9. The fraction of sp³-hybridized carbons (Fsp3) is 0.300. The number of sulfonamides is 1. The minimum atomic E-state index is -3.61. The molecule has 0 bridgehead atoms. The molecule has 0 aromatic heterocycles. The fourth-order valence-electron chi connectivity index (χ4n) is 2.95. The lowest BCUT2D eigenvalue weighted by Gasteiger charge is -2.16. The summed E-state index contributed by atoms with van der Waals surface area (Å²) < 4.78 is 58.3. The molecular formula is C20H20F2N2O5S. The van der Waals surface area contributed by atoms with E-state index >= 15 is 0 Å². The average molecular weight is 438 g/mol. The monoisotopic (exact) mass is 438 g/mol. The number of ether oxygens (including phenoxy) is 1. The van der Waals surface area contributed by atoms with Crippen molar-refractivity contribution in [1.82, 2.24) is 4.31 Å². The van der Waals surface area contributed by atoms with E-state index in [2.05, 4.69) is 5.32 Å². The zero-order valence-electron chi connectivity index (χ0n) is 16.1. The van der Waals surface area contributed by atoms with Crippen molar-refractivity contribution in [2.24, 2.45) is 0 Å². The molecule has 3 rings (SSSR count). The van der Waals surface area contributed by atoms with E-state index in [0.717, 1.165) is 31.0 Å². The molecule has 0 radical (unpaired) electrons. The fourth-order valence-corrected chi connectivity index (χ4v) is 4.47. The van der Waals surface area contributed by atoms with Gasteiger partial charge in [-0.2, -0.15) is 4.31 Å². The molecule has 2 aromatic rings. The first kappa shape index (κ1) is 21.8. The summed E-state index contributed by atoms with van der Waals surface area (Å²) >= 11 is 0. The van der Waals surface area contributed by atoms with E-state index in [1.165, 1.54) is 35.5 Å². The number of anilines is 1. The van der Waals surface area contributed by atoms with E-state index in [1.807, 2.05) is 0 Å². The van der Waals surface area contributed by atoms with Gasteiger partial charge in [-0.25, -0.2) is 22.0 Å². The number of carbonyl (C=O) groups excluding carboxylic acids is 2. The van der Waals surface area contributed by atoms with Crippen LogP contribution in [0, 0.1) is 11.6 Å². The van der Waals surface area contributed by atoms with Crippen molar-refractivity contribution >= 4 is 27.6 Å². The van der Waals surface area contributed by atoms with E-state index in [0.29, 0.717) is 13.1 Å². The van der Waals surface area contributed by atoms with Crippen LogP contribution in [-0.2, 0) is 19.6 Å². The van der Waals surface area contributed by atoms with Gasteiger partial charge in [0, 0.05) is 19.2 Å². The molecule has 1 aliphatic heterocycles. The number of nitrogens with zero attached hydrogens (tertiary/aromatic N) is 1. The molecule has 0 saturated carbocycles. The number of carbonyl (C=O) groups is 2. The van der Waals surface area contributed by atoms with Crippen LogP contribution in [0.1, 0.15) is 30.1 Å². The molecule has 0 aliphatic carbocycles. The summed E-state index contributed by atoms with van der Waals surface area (Å²) in [5.41, 5.74) is -0.327. The maximum Gasteiger partial charge on any atom is 0.338 e. The number of benzene rings is 2. The standard InChI is InChI=1S/C20H20F2N2O5S/c1-13(19(25)23-18-12-15(21)6-9-17(18)22)29-20(26)14-4-7-16(8-5-14)30(27,28)24-10-2-3-11-24/h4-9,12-13H,2-3,10-11H2,1H3,(H,23,25). The molecule has 1 heterocycles. The number of halogens is 2. The average Bonchev–Trinajstić information content (AvgIpc) is 3.26. The molecule has 30 heavy (non-hydrogen) atoms.